The van der Waals surface area contributed by atoms with E-state index in [2.05, 4.69) is 10.6 Å². The Morgan fingerprint density at radius 2 is 1.80 bits per heavy atom. The van der Waals surface area contributed by atoms with E-state index in [1.165, 1.54) is 7.11 Å². The lowest BCUT2D eigenvalue weighted by Crippen LogP contribution is -2.21. The number of urea groups is 1. The predicted molar refractivity (Wildman–Crippen MR) is 97.8 cm³/mol. The molecule has 2 amide bonds. The number of benzene rings is 2. The number of para-hydroxylation sites is 1. The number of aryl methyl sites for hydroxylation is 1. The van der Waals surface area contributed by atoms with Gasteiger partial charge >= 0.3 is 12.0 Å². The van der Waals surface area contributed by atoms with E-state index in [0.29, 0.717) is 22.1 Å². The van der Waals surface area contributed by atoms with Crippen molar-refractivity contribution >= 4 is 35.0 Å². The molecule has 0 bridgehead atoms. The van der Waals surface area contributed by atoms with Crippen LogP contribution in [0.15, 0.2) is 36.4 Å². The third kappa shape index (κ3) is 4.64. The number of esters is 1. The molecule has 132 valence electrons. The highest BCUT2D eigenvalue weighted by Crippen LogP contribution is 2.31. The SMILES string of the molecule is CCOC(=O)c1ccccc1NC(=O)Nc1cc(C)c(Cl)cc1OC. The molecule has 0 heterocycles. The summed E-state index contributed by atoms with van der Waals surface area (Å²) in [5.41, 5.74) is 1.89. The average Bonchev–Trinajstić information content (AvgIpc) is 2.58. The fourth-order valence-corrected chi connectivity index (χ4v) is 2.34. The van der Waals surface area contributed by atoms with Crippen LogP contribution in [0, 0.1) is 6.92 Å². The lowest BCUT2D eigenvalue weighted by Gasteiger charge is -2.14. The summed E-state index contributed by atoms with van der Waals surface area (Å²) in [6.07, 6.45) is 0. The Morgan fingerprint density at radius 1 is 1.12 bits per heavy atom. The Morgan fingerprint density at radius 3 is 2.48 bits per heavy atom. The Bertz CT molecular complexity index is 793. The summed E-state index contributed by atoms with van der Waals surface area (Å²) in [5.74, 6) is -0.0669. The first-order valence-corrected chi connectivity index (χ1v) is 8.02. The summed E-state index contributed by atoms with van der Waals surface area (Å²) in [4.78, 5) is 24.3. The first kappa shape index (κ1) is 18.6. The van der Waals surface area contributed by atoms with E-state index < -0.39 is 12.0 Å². The number of methoxy groups -OCH3 is 1. The minimum atomic E-state index is -0.517. The van der Waals surface area contributed by atoms with Crippen molar-refractivity contribution in [2.24, 2.45) is 0 Å². The van der Waals surface area contributed by atoms with Crippen LogP contribution in [0.5, 0.6) is 5.75 Å². The fraction of sp³-hybridized carbons (Fsp3) is 0.222. The summed E-state index contributed by atoms with van der Waals surface area (Å²) in [5, 5.41) is 5.87. The zero-order chi connectivity index (χ0) is 18.4. The van der Waals surface area contributed by atoms with Gasteiger partial charge in [0.25, 0.3) is 0 Å². The monoisotopic (exact) mass is 362 g/mol. The second kappa shape index (κ2) is 8.39. The highest BCUT2D eigenvalue weighted by Gasteiger charge is 2.15. The van der Waals surface area contributed by atoms with E-state index in [1.807, 2.05) is 6.92 Å². The molecule has 0 aromatic heterocycles. The maximum Gasteiger partial charge on any atom is 0.340 e. The molecule has 0 fully saturated rings. The molecule has 7 heteroatoms. The lowest BCUT2D eigenvalue weighted by atomic mass is 10.2. The zero-order valence-corrected chi connectivity index (χ0v) is 14.9. The van der Waals surface area contributed by atoms with Crippen LogP contribution in [0.3, 0.4) is 0 Å². The maximum absolute atomic E-state index is 12.3. The molecule has 0 aliphatic heterocycles. The van der Waals surface area contributed by atoms with E-state index in [-0.39, 0.29) is 12.2 Å². The van der Waals surface area contributed by atoms with Crippen molar-refractivity contribution in [2.75, 3.05) is 24.4 Å². The first-order valence-electron chi connectivity index (χ1n) is 7.64. The van der Waals surface area contributed by atoms with Crippen molar-refractivity contribution in [1.82, 2.24) is 0 Å². The van der Waals surface area contributed by atoms with Crippen LogP contribution in [0.1, 0.15) is 22.8 Å². The summed E-state index contributed by atoms with van der Waals surface area (Å²) in [7, 11) is 1.49. The maximum atomic E-state index is 12.3. The molecular weight excluding hydrogens is 344 g/mol. The number of hydrogen-bond acceptors (Lipinski definition) is 4. The van der Waals surface area contributed by atoms with Crippen LogP contribution in [0.25, 0.3) is 0 Å². The van der Waals surface area contributed by atoms with Gasteiger partial charge < -0.3 is 20.1 Å². The number of ether oxygens (including phenoxy) is 2. The van der Waals surface area contributed by atoms with Gasteiger partial charge in [-0.2, -0.15) is 0 Å². The number of anilines is 2. The number of carbonyl (C=O) groups is 2. The quantitative estimate of drug-likeness (QED) is 0.769. The van der Waals surface area contributed by atoms with Gasteiger partial charge in [0, 0.05) is 11.1 Å². The predicted octanol–water partition coefficient (Wildman–Crippen LogP) is 4.48. The molecule has 0 saturated heterocycles. The topological polar surface area (TPSA) is 76.7 Å². The lowest BCUT2D eigenvalue weighted by molar-refractivity contribution is 0.0527. The van der Waals surface area contributed by atoms with Gasteiger partial charge in [-0.3, -0.25) is 0 Å². The van der Waals surface area contributed by atoms with Crippen molar-refractivity contribution in [3.63, 3.8) is 0 Å². The molecule has 0 spiro atoms. The van der Waals surface area contributed by atoms with Gasteiger partial charge in [0.05, 0.1) is 30.7 Å². The van der Waals surface area contributed by atoms with Gasteiger partial charge in [-0.25, -0.2) is 9.59 Å². The van der Waals surface area contributed by atoms with E-state index in [1.54, 1.807) is 43.3 Å². The summed E-state index contributed by atoms with van der Waals surface area (Å²) < 4.78 is 10.2. The number of amides is 2. The van der Waals surface area contributed by atoms with E-state index in [9.17, 15) is 9.59 Å². The molecule has 0 radical (unpaired) electrons. The van der Waals surface area contributed by atoms with Gasteiger partial charge in [0.2, 0.25) is 0 Å². The zero-order valence-electron chi connectivity index (χ0n) is 14.2. The van der Waals surface area contributed by atoms with Crippen molar-refractivity contribution in [3.8, 4) is 5.75 Å². The van der Waals surface area contributed by atoms with Crippen molar-refractivity contribution in [2.45, 2.75) is 13.8 Å². The minimum Gasteiger partial charge on any atom is -0.495 e. The number of carbonyl (C=O) groups excluding carboxylic acids is 2. The third-order valence-corrected chi connectivity index (χ3v) is 3.81. The van der Waals surface area contributed by atoms with E-state index in [4.69, 9.17) is 21.1 Å². The van der Waals surface area contributed by atoms with Crippen LogP contribution >= 0.6 is 11.6 Å². The summed E-state index contributed by atoms with van der Waals surface area (Å²) in [6, 6.07) is 9.43. The molecule has 2 rings (SSSR count). The van der Waals surface area contributed by atoms with Gasteiger partial charge in [0.1, 0.15) is 5.75 Å². The fourth-order valence-electron chi connectivity index (χ4n) is 2.18. The first-order chi connectivity index (χ1) is 12.0. The highest BCUT2D eigenvalue weighted by molar-refractivity contribution is 6.31. The van der Waals surface area contributed by atoms with Gasteiger partial charge in [-0.15, -0.1) is 0 Å². The van der Waals surface area contributed by atoms with Crippen molar-refractivity contribution < 1.29 is 19.1 Å². The van der Waals surface area contributed by atoms with Gasteiger partial charge in [-0.05, 0) is 37.6 Å². The van der Waals surface area contributed by atoms with Gasteiger partial charge in [0.15, 0.2) is 0 Å². The number of nitrogens with one attached hydrogen (secondary N) is 2. The normalized spacial score (nSPS) is 10.1. The highest BCUT2D eigenvalue weighted by atomic mass is 35.5. The minimum absolute atomic E-state index is 0.251. The molecule has 0 unspecified atom stereocenters. The molecule has 0 saturated carbocycles. The van der Waals surface area contributed by atoms with E-state index >= 15 is 0 Å². The van der Waals surface area contributed by atoms with Crippen molar-refractivity contribution in [1.29, 1.82) is 0 Å². The molecule has 0 atom stereocenters. The van der Waals surface area contributed by atoms with Gasteiger partial charge in [-0.1, -0.05) is 23.7 Å². The van der Waals surface area contributed by atoms with E-state index in [0.717, 1.165) is 5.56 Å². The molecule has 2 aromatic carbocycles. The van der Waals surface area contributed by atoms with Crippen molar-refractivity contribution in [3.05, 3.63) is 52.5 Å². The Balaban J connectivity index is 2.19. The molecule has 6 nitrogen and oxygen atoms in total. The molecule has 25 heavy (non-hydrogen) atoms. The third-order valence-electron chi connectivity index (χ3n) is 3.40. The Kier molecular flexibility index (Phi) is 6.25. The van der Waals surface area contributed by atoms with Crippen LogP contribution in [0.4, 0.5) is 16.2 Å². The molecule has 2 aromatic rings. The second-order valence-corrected chi connectivity index (χ2v) is 5.55. The largest absolute Gasteiger partial charge is 0.495 e. The number of hydrogen-bond donors (Lipinski definition) is 2. The summed E-state index contributed by atoms with van der Waals surface area (Å²) in [6.45, 7) is 3.79. The second-order valence-electron chi connectivity index (χ2n) is 5.15. The summed E-state index contributed by atoms with van der Waals surface area (Å²) >= 11 is 6.06. The molecule has 0 aliphatic carbocycles. The number of rotatable bonds is 5. The average molecular weight is 363 g/mol. The molecule has 0 aliphatic rings. The standard InChI is InChI=1S/C18H19ClN2O4/c1-4-25-17(22)12-7-5-6-8-14(12)20-18(23)21-15-9-11(2)13(19)10-16(15)24-3/h5-10H,4H2,1-3H3,(H2,20,21,23). The Hall–Kier alpha value is -2.73. The van der Waals surface area contributed by atoms with Crippen LogP contribution < -0.4 is 15.4 Å². The number of halogens is 1. The van der Waals surface area contributed by atoms with Crippen LogP contribution in [-0.4, -0.2) is 25.7 Å². The smallest absolute Gasteiger partial charge is 0.340 e. The van der Waals surface area contributed by atoms with Crippen LogP contribution in [-0.2, 0) is 4.74 Å². The molecular formula is C18H19ClN2O4. The Labute approximate surface area is 151 Å². The van der Waals surface area contributed by atoms with Crippen LogP contribution in [0.2, 0.25) is 5.02 Å². The molecule has 2 N–H and O–H groups in total.